The van der Waals surface area contributed by atoms with Crippen molar-refractivity contribution in [3.8, 4) is 11.3 Å². The van der Waals surface area contributed by atoms with Gasteiger partial charge in [-0.3, -0.25) is 15.7 Å². The van der Waals surface area contributed by atoms with Crippen molar-refractivity contribution in [1.82, 2.24) is 14.8 Å². The summed E-state index contributed by atoms with van der Waals surface area (Å²) in [5.74, 6) is 0. The molecule has 0 saturated carbocycles. The molecule has 0 unspecified atom stereocenters. The Bertz CT molecular complexity index is 1500. The third-order valence-electron chi connectivity index (χ3n) is 6.66. The number of fused-ring (bicyclic) bond motifs is 1. The fourth-order valence-electron chi connectivity index (χ4n) is 5.07. The van der Waals surface area contributed by atoms with Gasteiger partial charge >= 0.3 is 0 Å². The Kier molecular flexibility index (Phi) is 5.52. The minimum absolute atomic E-state index is 0.599. The van der Waals surface area contributed by atoms with Crippen molar-refractivity contribution < 1.29 is 5.21 Å². The van der Waals surface area contributed by atoms with E-state index in [1.807, 2.05) is 48.5 Å². The molecule has 0 aliphatic rings. The molecule has 0 bridgehead atoms. The maximum absolute atomic E-state index is 9.67. The number of nitrogens with zero attached hydrogens (tertiary/aromatic N) is 3. The largest absolute Gasteiger partial charge is 0.291 e. The predicted octanol–water partition coefficient (Wildman–Crippen LogP) is 6.74. The normalized spacial score (nSPS) is 11.5. The monoisotopic (exact) mass is 468 g/mol. The van der Waals surface area contributed by atoms with E-state index in [-0.39, 0.29) is 0 Å². The standard InChI is InChI=1S/C31H24N4O/c36-34-27-16-17-29-28(22-27)30(23-18-20-32-21-19-23)33-35(29)31(24-10-4-1-5-11-24,25-12-6-2-7-13-25)26-14-8-3-9-15-26/h1-22,34,36H. The van der Waals surface area contributed by atoms with Crippen molar-refractivity contribution in [2.75, 3.05) is 5.48 Å². The van der Waals surface area contributed by atoms with Crippen LogP contribution >= 0.6 is 0 Å². The summed E-state index contributed by atoms with van der Waals surface area (Å²) in [6.45, 7) is 0. The summed E-state index contributed by atoms with van der Waals surface area (Å²) in [4.78, 5) is 4.20. The van der Waals surface area contributed by atoms with Crippen LogP contribution in [0.3, 0.4) is 0 Å². The molecule has 36 heavy (non-hydrogen) atoms. The minimum Gasteiger partial charge on any atom is -0.291 e. The number of anilines is 1. The lowest BCUT2D eigenvalue weighted by atomic mass is 9.77. The Balaban J connectivity index is 1.79. The molecule has 5 nitrogen and oxygen atoms in total. The molecule has 2 aromatic heterocycles. The lowest BCUT2D eigenvalue weighted by Gasteiger charge is -2.37. The van der Waals surface area contributed by atoms with Crippen LogP contribution in [-0.2, 0) is 5.54 Å². The van der Waals surface area contributed by atoms with Crippen molar-refractivity contribution >= 4 is 16.6 Å². The van der Waals surface area contributed by atoms with Crippen LogP contribution in [0.2, 0.25) is 0 Å². The zero-order valence-corrected chi connectivity index (χ0v) is 19.5. The average molecular weight is 469 g/mol. The second-order valence-electron chi connectivity index (χ2n) is 8.65. The van der Waals surface area contributed by atoms with Gasteiger partial charge in [-0.15, -0.1) is 0 Å². The highest BCUT2D eigenvalue weighted by Gasteiger charge is 2.40. The Labute approximate surface area is 209 Å². The molecule has 0 radical (unpaired) electrons. The first-order valence-electron chi connectivity index (χ1n) is 11.8. The van der Waals surface area contributed by atoms with Crippen LogP contribution in [0.4, 0.5) is 5.69 Å². The smallest absolute Gasteiger partial charge is 0.138 e. The maximum Gasteiger partial charge on any atom is 0.138 e. The van der Waals surface area contributed by atoms with Crippen molar-refractivity contribution in [1.29, 1.82) is 0 Å². The van der Waals surface area contributed by atoms with Gasteiger partial charge in [-0.2, -0.15) is 5.10 Å². The van der Waals surface area contributed by atoms with E-state index >= 15 is 0 Å². The molecule has 6 rings (SSSR count). The number of aromatic nitrogens is 3. The predicted molar refractivity (Wildman–Crippen MR) is 143 cm³/mol. The summed E-state index contributed by atoms with van der Waals surface area (Å²) in [5.41, 5.74) is 8.14. The molecular formula is C31H24N4O. The van der Waals surface area contributed by atoms with Crippen LogP contribution in [0.25, 0.3) is 22.2 Å². The van der Waals surface area contributed by atoms with Gasteiger partial charge < -0.3 is 0 Å². The third-order valence-corrected chi connectivity index (χ3v) is 6.66. The lowest BCUT2D eigenvalue weighted by molar-refractivity contribution is 0.389. The Morgan fingerprint density at radius 2 is 1.17 bits per heavy atom. The van der Waals surface area contributed by atoms with Crippen LogP contribution < -0.4 is 5.48 Å². The number of nitrogens with one attached hydrogen (secondary N) is 1. The topological polar surface area (TPSA) is 63.0 Å². The average Bonchev–Trinajstić information content (AvgIpc) is 3.35. The highest BCUT2D eigenvalue weighted by atomic mass is 16.5. The molecule has 0 amide bonds. The molecule has 2 N–H and O–H groups in total. The fourth-order valence-corrected chi connectivity index (χ4v) is 5.07. The second kappa shape index (κ2) is 9.13. The zero-order chi connectivity index (χ0) is 24.4. The van der Waals surface area contributed by atoms with E-state index in [0.29, 0.717) is 5.69 Å². The number of hydrogen-bond donors (Lipinski definition) is 2. The van der Waals surface area contributed by atoms with Crippen LogP contribution in [0.15, 0.2) is 134 Å². The summed E-state index contributed by atoms with van der Waals surface area (Å²) in [7, 11) is 0. The van der Waals surface area contributed by atoms with Crippen LogP contribution in [0.5, 0.6) is 0 Å². The number of benzene rings is 4. The van der Waals surface area contributed by atoms with E-state index in [0.717, 1.165) is 38.9 Å². The van der Waals surface area contributed by atoms with Gasteiger partial charge in [0.15, 0.2) is 0 Å². The van der Waals surface area contributed by atoms with Crippen molar-refractivity contribution in [3.63, 3.8) is 0 Å². The number of hydrogen-bond acceptors (Lipinski definition) is 4. The molecule has 174 valence electrons. The van der Waals surface area contributed by atoms with Crippen LogP contribution in [0.1, 0.15) is 16.7 Å². The van der Waals surface area contributed by atoms with Gasteiger partial charge in [-0.1, -0.05) is 91.0 Å². The van der Waals surface area contributed by atoms with Gasteiger partial charge in [0.2, 0.25) is 0 Å². The first kappa shape index (κ1) is 21.8. The quantitative estimate of drug-likeness (QED) is 0.210. The van der Waals surface area contributed by atoms with E-state index in [9.17, 15) is 5.21 Å². The minimum atomic E-state index is -0.749. The molecule has 0 saturated heterocycles. The summed E-state index contributed by atoms with van der Waals surface area (Å²) in [6.07, 6.45) is 3.54. The molecule has 4 aromatic carbocycles. The molecule has 0 spiro atoms. The highest BCUT2D eigenvalue weighted by Crippen LogP contribution is 2.44. The van der Waals surface area contributed by atoms with Gasteiger partial charge in [-0.05, 0) is 47.0 Å². The molecule has 0 aliphatic heterocycles. The van der Waals surface area contributed by atoms with Gasteiger partial charge in [-0.25, -0.2) is 4.68 Å². The third kappa shape index (κ3) is 3.45. The molecule has 5 heteroatoms. The molecule has 0 fully saturated rings. The van der Waals surface area contributed by atoms with Crippen molar-refractivity contribution in [3.05, 3.63) is 150 Å². The van der Waals surface area contributed by atoms with Crippen molar-refractivity contribution in [2.24, 2.45) is 0 Å². The van der Waals surface area contributed by atoms with E-state index in [1.54, 1.807) is 12.4 Å². The summed E-state index contributed by atoms with van der Waals surface area (Å²) >= 11 is 0. The van der Waals surface area contributed by atoms with Gasteiger partial charge in [0.05, 0.1) is 11.2 Å². The van der Waals surface area contributed by atoms with E-state index in [4.69, 9.17) is 5.10 Å². The summed E-state index contributed by atoms with van der Waals surface area (Å²) in [5, 5.41) is 15.9. The fraction of sp³-hybridized carbons (Fsp3) is 0.0323. The molecule has 0 aliphatic carbocycles. The first-order chi connectivity index (χ1) is 17.8. The maximum atomic E-state index is 9.67. The number of pyridine rings is 1. The van der Waals surface area contributed by atoms with E-state index in [1.165, 1.54) is 0 Å². The summed E-state index contributed by atoms with van der Waals surface area (Å²) < 4.78 is 2.12. The molecule has 6 aromatic rings. The SMILES string of the molecule is ONc1ccc2c(c1)c(-c1ccncc1)nn2C(c1ccccc1)(c1ccccc1)c1ccccc1. The Morgan fingerprint density at radius 3 is 1.67 bits per heavy atom. The summed E-state index contributed by atoms with van der Waals surface area (Å²) in [6, 6.07) is 41.2. The first-order valence-corrected chi connectivity index (χ1v) is 11.8. The van der Waals surface area contributed by atoms with E-state index in [2.05, 4.69) is 87.9 Å². The number of rotatable bonds is 6. The Hall–Kier alpha value is -4.74. The van der Waals surface area contributed by atoms with Gasteiger partial charge in [0.1, 0.15) is 11.2 Å². The lowest BCUT2D eigenvalue weighted by Crippen LogP contribution is -2.38. The molecule has 0 atom stereocenters. The van der Waals surface area contributed by atoms with Crippen molar-refractivity contribution in [2.45, 2.75) is 5.54 Å². The van der Waals surface area contributed by atoms with Gasteiger partial charge in [0, 0.05) is 23.3 Å². The zero-order valence-electron chi connectivity index (χ0n) is 19.5. The van der Waals surface area contributed by atoms with Crippen LogP contribution in [0, 0.1) is 0 Å². The van der Waals surface area contributed by atoms with Gasteiger partial charge in [0.25, 0.3) is 0 Å². The second-order valence-corrected chi connectivity index (χ2v) is 8.65. The van der Waals surface area contributed by atoms with E-state index < -0.39 is 5.54 Å². The molecular weight excluding hydrogens is 444 g/mol. The van der Waals surface area contributed by atoms with Crippen LogP contribution in [-0.4, -0.2) is 20.0 Å². The molecule has 2 heterocycles. The highest BCUT2D eigenvalue weighted by molar-refractivity contribution is 5.96. The Morgan fingerprint density at radius 1 is 0.639 bits per heavy atom.